The van der Waals surface area contributed by atoms with E-state index in [1.165, 1.54) is 39.3 Å². The van der Waals surface area contributed by atoms with Crippen molar-refractivity contribution in [3.8, 4) is 0 Å². The minimum Gasteiger partial charge on any atom is -0.550 e. The second kappa shape index (κ2) is 22.9. The van der Waals surface area contributed by atoms with Gasteiger partial charge in [-0.15, -0.1) is 0 Å². The number of nitrogens with one attached hydrogen (secondary N) is 3. The number of hydrogen-bond donors (Lipinski definition) is 4. The van der Waals surface area contributed by atoms with Crippen LogP contribution in [0.3, 0.4) is 0 Å². The lowest BCUT2D eigenvalue weighted by Crippen LogP contribution is -3.08. The van der Waals surface area contributed by atoms with Crippen molar-refractivity contribution in [2.75, 3.05) is 60.4 Å². The molecule has 0 atom stereocenters. The summed E-state index contributed by atoms with van der Waals surface area (Å²) < 4.78 is 0. The molecule has 0 aromatic carbocycles. The molecule has 0 aliphatic rings. The maximum absolute atomic E-state index is 10.1. The minimum atomic E-state index is -2.97. The first-order chi connectivity index (χ1) is 14.2. The Hall–Kier alpha value is -1.75. The summed E-state index contributed by atoms with van der Waals surface area (Å²) in [7, 11) is 6.58. The molecule has 0 aromatic heterocycles. The van der Waals surface area contributed by atoms with Gasteiger partial charge in [-0.05, 0) is 41.5 Å². The van der Waals surface area contributed by atoms with E-state index < -0.39 is 36.4 Å². The summed E-state index contributed by atoms with van der Waals surface area (Å²) in [5, 5.41) is 38.9. The molecule has 10 nitrogen and oxygen atoms in total. The van der Waals surface area contributed by atoms with E-state index in [0.717, 1.165) is 0 Å². The van der Waals surface area contributed by atoms with E-state index in [2.05, 4.69) is 62.7 Å². The molecule has 0 aliphatic heterocycles. The summed E-state index contributed by atoms with van der Waals surface area (Å²) in [4.78, 5) is 34.8. The Morgan fingerprint density at radius 3 is 0.871 bits per heavy atom. The molecule has 0 saturated heterocycles. The number of carboxylic acids is 3. The van der Waals surface area contributed by atoms with Gasteiger partial charge in [-0.25, -0.2) is 0 Å². The average molecular weight is 454 g/mol. The number of rotatable bonds is 11. The summed E-state index contributed by atoms with van der Waals surface area (Å²) >= 11 is 0. The highest BCUT2D eigenvalue weighted by Crippen LogP contribution is 2.13. The zero-order chi connectivity index (χ0) is 25.6. The number of carboxylic acid groups (broad SMARTS) is 3. The summed E-state index contributed by atoms with van der Waals surface area (Å²) in [5.41, 5.74) is -2.97. The van der Waals surface area contributed by atoms with Crippen LogP contribution >= 0.6 is 0 Å². The van der Waals surface area contributed by atoms with Crippen LogP contribution < -0.4 is 30.0 Å². The van der Waals surface area contributed by atoms with Crippen molar-refractivity contribution >= 4 is 17.9 Å². The lowest BCUT2D eigenvalue weighted by molar-refractivity contribution is -0.875. The topological polar surface area (TPSA) is 154 Å². The summed E-state index contributed by atoms with van der Waals surface area (Å²) in [6.07, 6.45) is -2.72. The quantitative estimate of drug-likeness (QED) is 0.242. The van der Waals surface area contributed by atoms with Gasteiger partial charge >= 0.3 is 0 Å². The van der Waals surface area contributed by atoms with E-state index in [4.69, 9.17) is 5.11 Å². The van der Waals surface area contributed by atoms with Crippen LogP contribution in [0.4, 0.5) is 0 Å². The third kappa shape index (κ3) is 28.2. The van der Waals surface area contributed by atoms with Crippen molar-refractivity contribution < 1.29 is 49.5 Å². The van der Waals surface area contributed by atoms with Crippen molar-refractivity contribution in [3.63, 3.8) is 0 Å². The van der Waals surface area contributed by atoms with Crippen LogP contribution in [0.15, 0.2) is 0 Å². The van der Waals surface area contributed by atoms with Gasteiger partial charge in [-0.2, -0.15) is 0 Å². The molecule has 0 amide bonds. The largest absolute Gasteiger partial charge is 0.550 e. The minimum absolute atomic E-state index is 1.25. The van der Waals surface area contributed by atoms with Gasteiger partial charge in [0, 0.05) is 24.8 Å². The van der Waals surface area contributed by atoms with E-state index in [1.54, 1.807) is 14.7 Å². The van der Waals surface area contributed by atoms with Crippen molar-refractivity contribution in [1.29, 1.82) is 0 Å². The Morgan fingerprint density at radius 2 is 0.806 bits per heavy atom. The first kappa shape index (κ1) is 36.6. The number of hydrogen-bond acceptors (Lipinski definition) is 7. The fraction of sp³-hybridized carbons (Fsp3) is 0.857. The molecule has 0 heterocycles. The van der Waals surface area contributed by atoms with Crippen LogP contribution in [0.5, 0.6) is 0 Å². The second-order valence-corrected chi connectivity index (χ2v) is 7.41. The normalized spacial score (nSPS) is 10.4. The molecule has 0 aliphatic carbocycles. The van der Waals surface area contributed by atoms with Gasteiger partial charge in [-0.3, -0.25) is 0 Å². The monoisotopic (exact) mass is 453 g/mol. The number of carbonyl (C=O) groups excluding carboxylic acids is 3. The molecule has 0 bridgehead atoms. The highest BCUT2D eigenvalue weighted by molar-refractivity contribution is 5.86. The van der Waals surface area contributed by atoms with E-state index >= 15 is 0 Å². The molecule has 0 aromatic rings. The standard InChI is InChI=1S/C6H8O7.3C5H13N/c7-3(8)1-6(13,5(11)12)2-4(9)10;3*1-4-6(3)5-2/h13H,1-2H2,(H,7,8)(H,9,10)(H,11,12);3*4-5H2,1-3H3. The zero-order valence-corrected chi connectivity index (χ0v) is 21.1. The second-order valence-electron chi connectivity index (χ2n) is 7.41. The lowest BCUT2D eigenvalue weighted by atomic mass is 9.96. The Labute approximate surface area is 188 Å². The van der Waals surface area contributed by atoms with Gasteiger partial charge in [0.2, 0.25) is 0 Å². The Bertz CT molecular complexity index is 410. The van der Waals surface area contributed by atoms with Crippen LogP contribution in [0.2, 0.25) is 0 Å². The van der Waals surface area contributed by atoms with Crippen LogP contribution in [0.25, 0.3) is 0 Å². The summed E-state index contributed by atoms with van der Waals surface area (Å²) in [6.45, 7) is 20.6. The van der Waals surface area contributed by atoms with Crippen molar-refractivity contribution in [1.82, 2.24) is 0 Å². The molecule has 0 saturated carbocycles. The highest BCUT2D eigenvalue weighted by atomic mass is 16.4. The van der Waals surface area contributed by atoms with E-state index in [-0.39, 0.29) is 0 Å². The lowest BCUT2D eigenvalue weighted by Gasteiger charge is -2.29. The van der Waals surface area contributed by atoms with Crippen LogP contribution in [-0.4, -0.2) is 89.0 Å². The van der Waals surface area contributed by atoms with E-state index in [0.29, 0.717) is 0 Å². The van der Waals surface area contributed by atoms with Crippen LogP contribution in [0.1, 0.15) is 54.4 Å². The van der Waals surface area contributed by atoms with E-state index in [1.807, 2.05) is 0 Å². The van der Waals surface area contributed by atoms with Crippen LogP contribution in [-0.2, 0) is 14.4 Å². The Kier molecular flexibility index (Phi) is 27.1. The van der Waals surface area contributed by atoms with Gasteiger partial charge in [0.15, 0.2) is 0 Å². The molecule has 0 radical (unpaired) electrons. The van der Waals surface area contributed by atoms with Crippen molar-refractivity contribution in [2.24, 2.45) is 0 Å². The SMILES string of the molecule is CC[NH+](C)CC.CC[NH+](C)CC.CC[NH+](C)CC.O=C([O-])CC(O)(CC(=O)[O-])C(=O)[O-]. The van der Waals surface area contributed by atoms with Crippen molar-refractivity contribution in [3.05, 3.63) is 0 Å². The fourth-order valence-corrected chi connectivity index (χ4v) is 1.43. The molecule has 0 fully saturated rings. The average Bonchev–Trinajstić information content (AvgIpc) is 2.71. The highest BCUT2D eigenvalue weighted by Gasteiger charge is 2.29. The van der Waals surface area contributed by atoms with Gasteiger partial charge in [0.05, 0.1) is 66.4 Å². The maximum atomic E-state index is 10.1. The predicted octanol–water partition coefficient (Wildman–Crippen LogP) is -6.63. The molecule has 0 spiro atoms. The third-order valence-corrected chi connectivity index (χ3v) is 4.87. The Balaban J connectivity index is -0.000000171. The van der Waals surface area contributed by atoms with Crippen molar-refractivity contribution in [2.45, 2.75) is 60.0 Å². The van der Waals surface area contributed by atoms with Gasteiger partial charge in [0.25, 0.3) is 0 Å². The predicted molar refractivity (Wildman–Crippen MR) is 113 cm³/mol. The smallest absolute Gasteiger partial charge is 0.114 e. The third-order valence-electron chi connectivity index (χ3n) is 4.87. The molecule has 10 heteroatoms. The molecule has 0 rings (SSSR count). The number of aliphatic hydroxyl groups is 1. The molecule has 188 valence electrons. The first-order valence-electron chi connectivity index (χ1n) is 11.0. The molecule has 31 heavy (non-hydrogen) atoms. The number of aliphatic carboxylic acids is 3. The Morgan fingerprint density at radius 1 is 0.613 bits per heavy atom. The zero-order valence-electron chi connectivity index (χ0n) is 21.1. The van der Waals surface area contributed by atoms with Gasteiger partial charge < -0.3 is 49.5 Å². The van der Waals surface area contributed by atoms with Gasteiger partial charge in [0.1, 0.15) is 5.60 Å². The molecular formula is C21H47N3O7. The molecular weight excluding hydrogens is 406 g/mol. The molecule has 4 N–H and O–H groups in total. The van der Waals surface area contributed by atoms with Gasteiger partial charge in [-0.1, -0.05) is 0 Å². The number of carbonyl (C=O) groups is 3. The fourth-order valence-electron chi connectivity index (χ4n) is 1.43. The summed E-state index contributed by atoms with van der Waals surface area (Å²) in [5.74, 6) is -5.98. The van der Waals surface area contributed by atoms with E-state index in [9.17, 15) is 29.7 Å². The molecule has 0 unspecified atom stereocenters. The maximum Gasteiger partial charge on any atom is 0.114 e. The number of quaternary nitrogens is 3. The van der Waals surface area contributed by atoms with Crippen LogP contribution in [0, 0.1) is 0 Å². The first-order valence-corrected chi connectivity index (χ1v) is 11.0. The summed E-state index contributed by atoms with van der Waals surface area (Å²) in [6, 6.07) is 0.